The molecule has 4 aromatic rings. The lowest BCUT2D eigenvalue weighted by Crippen LogP contribution is -2.06. The van der Waals surface area contributed by atoms with Crippen molar-refractivity contribution in [3.05, 3.63) is 64.1 Å². The molecule has 0 unspecified atom stereocenters. The summed E-state index contributed by atoms with van der Waals surface area (Å²) in [7, 11) is 0. The number of nitrogens with one attached hydrogen (secondary N) is 1. The van der Waals surface area contributed by atoms with Gasteiger partial charge in [0.2, 0.25) is 5.13 Å². The maximum atomic E-state index is 13.0. The molecule has 0 aliphatic rings. The second kappa shape index (κ2) is 8.09. The number of hydrogen-bond donors (Lipinski definition) is 1. The number of aromatic nitrogens is 4. The van der Waals surface area contributed by atoms with E-state index in [0.29, 0.717) is 16.6 Å². The van der Waals surface area contributed by atoms with Crippen LogP contribution in [0, 0.1) is 13.8 Å². The first-order valence-electron chi connectivity index (χ1n) is 8.74. The van der Waals surface area contributed by atoms with E-state index >= 15 is 0 Å². The maximum absolute atomic E-state index is 13.0. The minimum Gasteiger partial charge on any atom is -0.330 e. The molecule has 1 aromatic carbocycles. The number of fused-ring (bicyclic) bond motifs is 1. The van der Waals surface area contributed by atoms with Crippen LogP contribution < -0.4 is 5.32 Å². The third-order valence-electron chi connectivity index (χ3n) is 4.39. The molecular formula is C19H15ClF3N5S2. The summed E-state index contributed by atoms with van der Waals surface area (Å²) in [6.07, 6.45) is -1.94. The first-order chi connectivity index (χ1) is 14.2. The van der Waals surface area contributed by atoms with E-state index in [2.05, 4.69) is 27.4 Å². The molecule has 0 aliphatic carbocycles. The zero-order valence-corrected chi connectivity index (χ0v) is 18.2. The van der Waals surface area contributed by atoms with Crippen molar-refractivity contribution in [2.45, 2.75) is 30.1 Å². The average Bonchev–Trinajstić information content (AvgIpc) is 3.29. The fraction of sp³-hybridized carbons (Fsp3) is 0.211. The minimum atomic E-state index is -4.47. The lowest BCUT2D eigenvalue weighted by molar-refractivity contribution is -0.137. The highest BCUT2D eigenvalue weighted by Crippen LogP contribution is 2.33. The summed E-state index contributed by atoms with van der Waals surface area (Å²) in [5, 5.41) is 12.1. The third kappa shape index (κ3) is 4.55. The maximum Gasteiger partial charge on any atom is 0.417 e. The lowest BCUT2D eigenvalue weighted by atomic mass is 10.1. The van der Waals surface area contributed by atoms with Crippen LogP contribution in [0.2, 0.25) is 5.02 Å². The number of halogens is 4. The first kappa shape index (κ1) is 21.0. The second-order valence-electron chi connectivity index (χ2n) is 6.62. The highest BCUT2D eigenvalue weighted by Gasteiger charge is 2.31. The molecule has 30 heavy (non-hydrogen) atoms. The number of benzene rings is 1. The topological polar surface area (TPSA) is 55.1 Å². The quantitative estimate of drug-likeness (QED) is 0.337. The lowest BCUT2D eigenvalue weighted by Gasteiger charge is -2.07. The van der Waals surface area contributed by atoms with Crippen molar-refractivity contribution in [3.8, 4) is 0 Å². The number of alkyl halides is 3. The van der Waals surface area contributed by atoms with Gasteiger partial charge in [-0.25, -0.2) is 4.98 Å². The van der Waals surface area contributed by atoms with Crippen molar-refractivity contribution < 1.29 is 13.2 Å². The van der Waals surface area contributed by atoms with Crippen LogP contribution in [0.4, 0.5) is 24.0 Å². The van der Waals surface area contributed by atoms with Crippen molar-refractivity contribution in [1.29, 1.82) is 0 Å². The molecule has 3 heterocycles. The molecule has 0 aliphatic heterocycles. The van der Waals surface area contributed by atoms with Gasteiger partial charge in [0.1, 0.15) is 0 Å². The highest BCUT2D eigenvalue weighted by atomic mass is 35.5. The number of nitrogens with zero attached hydrogens (tertiary/aromatic N) is 4. The molecule has 4 rings (SSSR count). The van der Waals surface area contributed by atoms with E-state index in [1.807, 2.05) is 25.1 Å². The molecule has 5 nitrogen and oxygen atoms in total. The molecular weight excluding hydrogens is 455 g/mol. The highest BCUT2D eigenvalue weighted by molar-refractivity contribution is 8.00. The first-order valence-corrected chi connectivity index (χ1v) is 10.9. The molecule has 0 spiro atoms. The van der Waals surface area contributed by atoms with Crippen LogP contribution in [-0.2, 0) is 11.9 Å². The predicted octanol–water partition coefficient (Wildman–Crippen LogP) is 6.51. The van der Waals surface area contributed by atoms with Gasteiger partial charge in [-0.2, -0.15) is 13.2 Å². The van der Waals surface area contributed by atoms with Crippen LogP contribution in [0.25, 0.3) is 5.65 Å². The molecule has 1 N–H and O–H groups in total. The number of pyridine rings is 1. The van der Waals surface area contributed by atoms with E-state index < -0.39 is 11.7 Å². The molecule has 11 heteroatoms. The van der Waals surface area contributed by atoms with E-state index in [9.17, 15) is 13.2 Å². The third-order valence-corrected chi connectivity index (χ3v) is 6.68. The summed E-state index contributed by atoms with van der Waals surface area (Å²) in [5.41, 5.74) is 3.39. The van der Waals surface area contributed by atoms with Gasteiger partial charge >= 0.3 is 6.18 Å². The number of anilines is 2. The van der Waals surface area contributed by atoms with Crippen LogP contribution in [0.1, 0.15) is 22.4 Å². The Morgan fingerprint density at radius 3 is 2.67 bits per heavy atom. The second-order valence-corrected chi connectivity index (χ2v) is 9.23. The minimum absolute atomic E-state index is 0.0446. The zero-order valence-electron chi connectivity index (χ0n) is 15.8. The Hall–Kier alpha value is -2.30. The van der Waals surface area contributed by atoms with Crippen LogP contribution in [0.3, 0.4) is 0 Å². The SMILES string of the molecule is Cc1ccc(Nc2nnc(SCc3cn4cc(C(F)(F)F)cc(Cl)c4n3)s2)cc1C. The summed E-state index contributed by atoms with van der Waals surface area (Å²) in [5.74, 6) is 0.428. The van der Waals surface area contributed by atoms with Gasteiger partial charge in [0.15, 0.2) is 9.99 Å². The van der Waals surface area contributed by atoms with Crippen LogP contribution >= 0.6 is 34.7 Å². The van der Waals surface area contributed by atoms with Gasteiger partial charge in [0.25, 0.3) is 0 Å². The summed E-state index contributed by atoms with van der Waals surface area (Å²) in [6, 6.07) is 6.94. The van der Waals surface area contributed by atoms with Crippen LogP contribution in [-0.4, -0.2) is 19.6 Å². The fourth-order valence-corrected chi connectivity index (χ4v) is 4.64. The largest absolute Gasteiger partial charge is 0.417 e. The van der Waals surface area contributed by atoms with Crippen LogP contribution in [0.5, 0.6) is 0 Å². The Bertz CT molecular complexity index is 1220. The van der Waals surface area contributed by atoms with Gasteiger partial charge in [-0.15, -0.1) is 10.2 Å². The van der Waals surface area contributed by atoms with Gasteiger partial charge in [0.05, 0.1) is 16.3 Å². The summed E-state index contributed by atoms with van der Waals surface area (Å²) in [6.45, 7) is 4.09. The van der Waals surface area contributed by atoms with Gasteiger partial charge in [-0.1, -0.05) is 40.8 Å². The van der Waals surface area contributed by atoms with Gasteiger partial charge < -0.3 is 9.72 Å². The Morgan fingerprint density at radius 1 is 1.13 bits per heavy atom. The number of imidazole rings is 1. The molecule has 0 atom stereocenters. The van der Waals surface area contributed by atoms with E-state index in [0.717, 1.165) is 22.3 Å². The molecule has 0 saturated carbocycles. The standard InChI is InChI=1S/C19H15ClF3N5S2/c1-10-3-4-13(5-11(10)2)25-17-26-27-18(30-17)29-9-14-8-28-7-12(19(21,22)23)6-15(20)16(28)24-14/h3-8H,9H2,1-2H3,(H,25,26). The van der Waals surface area contributed by atoms with E-state index in [4.69, 9.17) is 11.6 Å². The number of hydrogen-bond acceptors (Lipinski definition) is 6. The Balaban J connectivity index is 1.45. The van der Waals surface area contributed by atoms with E-state index in [1.54, 1.807) is 6.20 Å². The molecule has 0 radical (unpaired) electrons. The summed E-state index contributed by atoms with van der Waals surface area (Å²) < 4.78 is 40.9. The Labute approximate surface area is 183 Å². The number of aryl methyl sites for hydroxylation is 2. The predicted molar refractivity (Wildman–Crippen MR) is 114 cm³/mol. The van der Waals surface area contributed by atoms with Crippen molar-refractivity contribution in [1.82, 2.24) is 19.6 Å². The summed E-state index contributed by atoms with van der Waals surface area (Å²) in [4.78, 5) is 4.33. The van der Waals surface area contributed by atoms with Crippen molar-refractivity contribution in [2.75, 3.05) is 5.32 Å². The van der Waals surface area contributed by atoms with Gasteiger partial charge in [0, 0.05) is 23.8 Å². The van der Waals surface area contributed by atoms with Gasteiger partial charge in [-0.3, -0.25) is 0 Å². The normalized spacial score (nSPS) is 11.9. The molecule has 0 saturated heterocycles. The van der Waals surface area contributed by atoms with Crippen molar-refractivity contribution in [3.63, 3.8) is 0 Å². The molecule has 156 valence electrons. The van der Waals surface area contributed by atoms with E-state index in [1.165, 1.54) is 38.6 Å². The monoisotopic (exact) mass is 469 g/mol. The molecule has 0 bridgehead atoms. The smallest absolute Gasteiger partial charge is 0.330 e. The number of thioether (sulfide) groups is 1. The average molecular weight is 470 g/mol. The van der Waals surface area contributed by atoms with E-state index in [-0.39, 0.29) is 10.7 Å². The van der Waals surface area contributed by atoms with Crippen LogP contribution in [0.15, 0.2) is 41.0 Å². The van der Waals surface area contributed by atoms with Gasteiger partial charge in [-0.05, 0) is 43.2 Å². The molecule has 0 amide bonds. The van der Waals surface area contributed by atoms with Crippen molar-refractivity contribution >= 4 is 51.2 Å². The molecule has 3 aromatic heterocycles. The Kier molecular flexibility index (Phi) is 5.65. The van der Waals surface area contributed by atoms with Crippen molar-refractivity contribution in [2.24, 2.45) is 0 Å². The summed E-state index contributed by atoms with van der Waals surface area (Å²) >= 11 is 8.78. The zero-order chi connectivity index (χ0) is 21.5. The molecule has 0 fully saturated rings. The Morgan fingerprint density at radius 2 is 1.93 bits per heavy atom. The fourth-order valence-electron chi connectivity index (χ4n) is 2.73. The number of rotatable bonds is 5.